The highest BCUT2D eigenvalue weighted by Gasteiger charge is 2.32. The largest absolute Gasteiger partial charge is 0.388 e. The van der Waals surface area contributed by atoms with Crippen LogP contribution in [0.3, 0.4) is 0 Å². The van der Waals surface area contributed by atoms with E-state index in [4.69, 9.17) is 0 Å². The second-order valence-corrected chi connectivity index (χ2v) is 7.93. The van der Waals surface area contributed by atoms with E-state index in [9.17, 15) is 17.9 Å². The Morgan fingerprint density at radius 1 is 1.21 bits per heavy atom. The van der Waals surface area contributed by atoms with E-state index in [1.165, 1.54) is 24.3 Å². The van der Waals surface area contributed by atoms with E-state index in [0.29, 0.717) is 5.56 Å². The zero-order valence-corrected chi connectivity index (χ0v) is 12.5. The van der Waals surface area contributed by atoms with Gasteiger partial charge in [-0.15, -0.1) is 0 Å². The smallest absolute Gasteiger partial charge is 0.175 e. The highest BCUT2D eigenvalue weighted by molar-refractivity contribution is 7.90. The maximum Gasteiger partial charge on any atom is 0.175 e. The number of aliphatic hydroxyl groups excluding tert-OH is 1. The molecule has 1 unspecified atom stereocenters. The summed E-state index contributed by atoms with van der Waals surface area (Å²) in [6.45, 7) is 4.97. The predicted molar refractivity (Wildman–Crippen MR) is 73.4 cm³/mol. The molecule has 108 valence electrons. The molecule has 0 radical (unpaired) electrons. The lowest BCUT2D eigenvalue weighted by Crippen LogP contribution is -2.28. The van der Waals surface area contributed by atoms with Gasteiger partial charge in [0.15, 0.2) is 9.84 Å². The second kappa shape index (κ2) is 5.59. The Kier molecular flexibility index (Phi) is 4.74. The summed E-state index contributed by atoms with van der Waals surface area (Å²) in [6, 6.07) is 5.95. The van der Waals surface area contributed by atoms with Gasteiger partial charge in [0, 0.05) is 12.2 Å². The fraction of sp³-hybridized carbons (Fsp3) is 0.571. The van der Waals surface area contributed by atoms with Crippen LogP contribution in [0.1, 0.15) is 32.4 Å². The van der Waals surface area contributed by atoms with Crippen LogP contribution in [0.15, 0.2) is 29.2 Å². The summed E-state index contributed by atoms with van der Waals surface area (Å²) in [5.41, 5.74) is 0.161. The zero-order valence-electron chi connectivity index (χ0n) is 11.7. The maximum absolute atomic E-state index is 13.1. The summed E-state index contributed by atoms with van der Waals surface area (Å²) in [6.07, 6.45) is 0.177. The Morgan fingerprint density at radius 2 is 1.68 bits per heavy atom. The molecule has 0 heterocycles. The molecule has 1 N–H and O–H groups in total. The molecule has 0 saturated carbocycles. The summed E-state index contributed by atoms with van der Waals surface area (Å²) < 4.78 is 35.8. The van der Waals surface area contributed by atoms with Crippen LogP contribution in [0.2, 0.25) is 0 Å². The summed E-state index contributed by atoms with van der Waals surface area (Å²) >= 11 is 0. The van der Waals surface area contributed by atoms with E-state index < -0.39 is 28.5 Å². The number of halogens is 1. The zero-order chi connectivity index (χ0) is 14.8. The lowest BCUT2D eigenvalue weighted by Gasteiger charge is -2.32. The summed E-state index contributed by atoms with van der Waals surface area (Å²) in [7, 11) is -3.26. The van der Waals surface area contributed by atoms with Crippen molar-refractivity contribution in [1.82, 2.24) is 0 Å². The molecule has 19 heavy (non-hydrogen) atoms. The van der Waals surface area contributed by atoms with Gasteiger partial charge in [-0.05, 0) is 23.1 Å². The van der Waals surface area contributed by atoms with E-state index in [0.717, 1.165) is 6.26 Å². The molecule has 0 aliphatic carbocycles. The summed E-state index contributed by atoms with van der Waals surface area (Å²) in [5.74, 6) is -0.531. The Morgan fingerprint density at radius 3 is 2.00 bits per heavy atom. The molecular weight excluding hydrogens is 267 g/mol. The van der Waals surface area contributed by atoms with Gasteiger partial charge in [0.1, 0.15) is 0 Å². The third kappa shape index (κ3) is 4.01. The van der Waals surface area contributed by atoms with Crippen LogP contribution in [0.25, 0.3) is 0 Å². The summed E-state index contributed by atoms with van der Waals surface area (Å²) in [5, 5.41) is 10.2. The van der Waals surface area contributed by atoms with E-state index in [1.807, 2.05) is 20.8 Å². The molecule has 5 heteroatoms. The first-order valence-electron chi connectivity index (χ1n) is 6.11. The molecule has 1 aromatic carbocycles. The number of hydrogen-bond acceptors (Lipinski definition) is 3. The normalized spacial score (nSPS) is 16.1. The topological polar surface area (TPSA) is 54.4 Å². The van der Waals surface area contributed by atoms with Crippen molar-refractivity contribution in [3.8, 4) is 0 Å². The lowest BCUT2D eigenvalue weighted by molar-refractivity contribution is 0.0256. The van der Waals surface area contributed by atoms with Gasteiger partial charge in [-0.2, -0.15) is 0 Å². The minimum atomic E-state index is -3.26. The molecule has 1 aromatic rings. The number of sulfone groups is 1. The minimum Gasteiger partial charge on any atom is -0.388 e. The van der Waals surface area contributed by atoms with Crippen LogP contribution >= 0.6 is 0 Å². The molecule has 2 atom stereocenters. The van der Waals surface area contributed by atoms with Crippen LogP contribution in [-0.2, 0) is 9.84 Å². The van der Waals surface area contributed by atoms with E-state index in [2.05, 4.69) is 0 Å². The number of benzene rings is 1. The van der Waals surface area contributed by atoms with Gasteiger partial charge in [-0.25, -0.2) is 8.42 Å². The van der Waals surface area contributed by atoms with Crippen LogP contribution < -0.4 is 0 Å². The quantitative estimate of drug-likeness (QED) is 0.927. The van der Waals surface area contributed by atoms with Crippen LogP contribution in [0, 0.1) is 11.3 Å². The molecule has 1 rings (SSSR count). The number of hydrogen-bond donors (Lipinski definition) is 1. The van der Waals surface area contributed by atoms with Gasteiger partial charge < -0.3 is 5.11 Å². The van der Waals surface area contributed by atoms with Gasteiger partial charge >= 0.3 is 0 Å². The van der Waals surface area contributed by atoms with Gasteiger partial charge in [0.25, 0.3) is 0 Å². The number of alkyl halides is 1. The van der Waals surface area contributed by atoms with Crippen molar-refractivity contribution in [2.45, 2.75) is 31.8 Å². The minimum absolute atomic E-state index is 0.191. The molecule has 0 spiro atoms. The molecule has 0 bridgehead atoms. The van der Waals surface area contributed by atoms with Crippen LogP contribution in [-0.4, -0.2) is 26.5 Å². The van der Waals surface area contributed by atoms with Crippen molar-refractivity contribution in [3.05, 3.63) is 29.8 Å². The molecule has 0 aliphatic heterocycles. The van der Waals surface area contributed by atoms with Crippen molar-refractivity contribution in [1.29, 1.82) is 0 Å². The fourth-order valence-corrected chi connectivity index (χ4v) is 2.56. The first-order valence-corrected chi connectivity index (χ1v) is 8.00. The third-order valence-corrected chi connectivity index (χ3v) is 4.44. The van der Waals surface area contributed by atoms with Crippen LogP contribution in [0.4, 0.5) is 4.39 Å². The van der Waals surface area contributed by atoms with E-state index in [-0.39, 0.29) is 10.3 Å². The Bertz CT molecular complexity index is 515. The van der Waals surface area contributed by atoms with Crippen molar-refractivity contribution >= 4 is 9.84 Å². The summed E-state index contributed by atoms with van der Waals surface area (Å²) in [4.78, 5) is 0.191. The van der Waals surface area contributed by atoms with Crippen molar-refractivity contribution in [2.75, 3.05) is 12.9 Å². The molecule has 0 aliphatic rings. The van der Waals surface area contributed by atoms with Crippen molar-refractivity contribution in [2.24, 2.45) is 11.3 Å². The highest BCUT2D eigenvalue weighted by atomic mass is 32.2. The van der Waals surface area contributed by atoms with E-state index in [1.54, 1.807) is 0 Å². The first kappa shape index (κ1) is 16.1. The number of rotatable bonds is 4. The molecule has 0 saturated heterocycles. The van der Waals surface area contributed by atoms with Crippen molar-refractivity contribution < 1.29 is 17.9 Å². The molecule has 3 nitrogen and oxygen atoms in total. The lowest BCUT2D eigenvalue weighted by atomic mass is 9.76. The van der Waals surface area contributed by atoms with Crippen LogP contribution in [0.5, 0.6) is 0 Å². The maximum atomic E-state index is 13.1. The van der Waals surface area contributed by atoms with Gasteiger partial charge in [0.05, 0.1) is 17.7 Å². The molecular formula is C14H21FO3S. The van der Waals surface area contributed by atoms with Crippen molar-refractivity contribution in [3.63, 3.8) is 0 Å². The standard InChI is InChI=1S/C14H21FO3S/c1-14(2,3)12(9-15)13(16)10-5-7-11(8-6-10)19(4,17)18/h5-8,12-13,16H,9H2,1-4H3/t12?,13-/m1/s1. The average molecular weight is 288 g/mol. The predicted octanol–water partition coefficient (Wildman–Crippen LogP) is 2.76. The monoisotopic (exact) mass is 288 g/mol. The molecule has 0 fully saturated rings. The first-order chi connectivity index (χ1) is 8.57. The average Bonchev–Trinajstić information content (AvgIpc) is 2.27. The van der Waals surface area contributed by atoms with E-state index >= 15 is 0 Å². The Labute approximate surface area is 114 Å². The Hall–Kier alpha value is -0.940. The van der Waals surface area contributed by atoms with Gasteiger partial charge in [-0.3, -0.25) is 4.39 Å². The Balaban J connectivity index is 3.04. The molecule has 0 aromatic heterocycles. The van der Waals surface area contributed by atoms with Gasteiger partial charge in [0.2, 0.25) is 0 Å². The highest BCUT2D eigenvalue weighted by Crippen LogP contribution is 2.36. The molecule has 0 amide bonds. The van der Waals surface area contributed by atoms with Gasteiger partial charge in [-0.1, -0.05) is 32.9 Å². The second-order valence-electron chi connectivity index (χ2n) is 5.91. The SMILES string of the molecule is CC(C)(C)C(CF)[C@H](O)c1ccc(S(C)(=O)=O)cc1. The third-order valence-electron chi connectivity index (χ3n) is 3.31. The number of aliphatic hydroxyl groups is 1. The fourth-order valence-electron chi connectivity index (χ4n) is 1.93.